The molecular formula is C11H13N3. The van der Waals surface area contributed by atoms with Crippen molar-refractivity contribution < 1.29 is 0 Å². The topological polar surface area (TPSA) is 39.9 Å². The van der Waals surface area contributed by atoms with Crippen LogP contribution in [0.5, 0.6) is 0 Å². The predicted molar refractivity (Wildman–Crippen MR) is 54.9 cm³/mol. The molecule has 2 heterocycles. The van der Waals surface area contributed by atoms with Crippen LogP contribution in [-0.2, 0) is 0 Å². The summed E-state index contributed by atoms with van der Waals surface area (Å²) in [5, 5.41) is 8.63. The third kappa shape index (κ3) is 1.69. The van der Waals surface area contributed by atoms with Gasteiger partial charge in [-0.3, -0.25) is 0 Å². The molecule has 1 fully saturated rings. The van der Waals surface area contributed by atoms with Gasteiger partial charge in [0.2, 0.25) is 0 Å². The van der Waals surface area contributed by atoms with E-state index in [2.05, 4.69) is 22.9 Å². The van der Waals surface area contributed by atoms with E-state index in [1.807, 2.05) is 12.1 Å². The summed E-state index contributed by atoms with van der Waals surface area (Å²) in [6.07, 6.45) is 2.88. The minimum atomic E-state index is 0.626. The Bertz CT molecular complexity index is 350. The quantitative estimate of drug-likeness (QED) is 0.673. The summed E-state index contributed by atoms with van der Waals surface area (Å²) in [6.45, 7) is 4.42. The van der Waals surface area contributed by atoms with Gasteiger partial charge in [-0.25, -0.2) is 4.98 Å². The fourth-order valence-corrected chi connectivity index (χ4v) is 1.78. The third-order valence-electron chi connectivity index (χ3n) is 2.62. The van der Waals surface area contributed by atoms with Crippen molar-refractivity contribution in [3.8, 4) is 6.07 Å². The monoisotopic (exact) mass is 187 g/mol. The number of pyridine rings is 1. The summed E-state index contributed by atoms with van der Waals surface area (Å²) < 4.78 is 0. The molecule has 0 amide bonds. The van der Waals surface area contributed by atoms with Gasteiger partial charge in [0.1, 0.15) is 11.9 Å². The molecule has 2 rings (SSSR count). The number of rotatable bonds is 1. The van der Waals surface area contributed by atoms with Gasteiger partial charge in [0.05, 0.1) is 5.56 Å². The fraction of sp³-hybridized carbons (Fsp3) is 0.455. The summed E-state index contributed by atoms with van der Waals surface area (Å²) >= 11 is 0. The Hall–Kier alpha value is -1.56. The molecule has 0 radical (unpaired) electrons. The minimum absolute atomic E-state index is 0.626. The molecule has 0 bridgehead atoms. The SMILES string of the molecule is CC1CCN(c2ccc(C#N)cn2)C1. The average Bonchev–Trinajstić information content (AvgIpc) is 2.65. The van der Waals surface area contributed by atoms with E-state index in [-0.39, 0.29) is 0 Å². The maximum Gasteiger partial charge on any atom is 0.128 e. The van der Waals surface area contributed by atoms with E-state index in [1.54, 1.807) is 6.20 Å². The smallest absolute Gasteiger partial charge is 0.128 e. The molecule has 1 unspecified atom stereocenters. The van der Waals surface area contributed by atoms with Crippen LogP contribution in [0, 0.1) is 17.2 Å². The van der Waals surface area contributed by atoms with Crippen LogP contribution in [0.25, 0.3) is 0 Å². The maximum atomic E-state index is 8.63. The van der Waals surface area contributed by atoms with Gasteiger partial charge in [-0.1, -0.05) is 6.92 Å². The number of hydrogen-bond acceptors (Lipinski definition) is 3. The van der Waals surface area contributed by atoms with Crippen LogP contribution >= 0.6 is 0 Å². The van der Waals surface area contributed by atoms with Crippen LogP contribution in [0.1, 0.15) is 18.9 Å². The van der Waals surface area contributed by atoms with Crippen molar-refractivity contribution in [3.63, 3.8) is 0 Å². The first-order valence-corrected chi connectivity index (χ1v) is 4.90. The highest BCUT2D eigenvalue weighted by molar-refractivity contribution is 5.42. The van der Waals surface area contributed by atoms with Crippen LogP contribution in [0.15, 0.2) is 18.3 Å². The largest absolute Gasteiger partial charge is 0.356 e. The zero-order valence-corrected chi connectivity index (χ0v) is 8.27. The molecule has 3 nitrogen and oxygen atoms in total. The predicted octanol–water partition coefficient (Wildman–Crippen LogP) is 1.80. The second-order valence-electron chi connectivity index (χ2n) is 3.86. The van der Waals surface area contributed by atoms with Crippen molar-refractivity contribution in [1.29, 1.82) is 5.26 Å². The van der Waals surface area contributed by atoms with Crippen molar-refractivity contribution in [2.24, 2.45) is 5.92 Å². The lowest BCUT2D eigenvalue weighted by Crippen LogP contribution is -2.20. The Labute approximate surface area is 84.0 Å². The van der Waals surface area contributed by atoms with Gasteiger partial charge in [0.15, 0.2) is 0 Å². The molecule has 0 spiro atoms. The van der Waals surface area contributed by atoms with E-state index >= 15 is 0 Å². The molecule has 3 heteroatoms. The number of aromatic nitrogens is 1. The van der Waals surface area contributed by atoms with E-state index < -0.39 is 0 Å². The van der Waals surface area contributed by atoms with Gasteiger partial charge in [-0.2, -0.15) is 5.26 Å². The summed E-state index contributed by atoms with van der Waals surface area (Å²) in [5.74, 6) is 1.75. The normalized spacial score (nSPS) is 20.9. The molecule has 0 N–H and O–H groups in total. The third-order valence-corrected chi connectivity index (χ3v) is 2.62. The molecule has 0 saturated carbocycles. The van der Waals surface area contributed by atoms with Crippen molar-refractivity contribution in [1.82, 2.24) is 4.98 Å². The van der Waals surface area contributed by atoms with Crippen molar-refractivity contribution >= 4 is 5.82 Å². The molecule has 1 atom stereocenters. The molecule has 14 heavy (non-hydrogen) atoms. The first-order chi connectivity index (χ1) is 6.79. The number of nitrogens with zero attached hydrogens (tertiary/aromatic N) is 3. The second-order valence-corrected chi connectivity index (χ2v) is 3.86. The van der Waals surface area contributed by atoms with Crippen molar-refractivity contribution in [2.75, 3.05) is 18.0 Å². The number of nitriles is 1. The molecular weight excluding hydrogens is 174 g/mol. The van der Waals surface area contributed by atoms with E-state index in [9.17, 15) is 0 Å². The molecule has 1 aromatic rings. The summed E-state index contributed by atoms with van der Waals surface area (Å²) in [6, 6.07) is 5.82. The lowest BCUT2D eigenvalue weighted by atomic mass is 10.2. The molecule has 1 aliphatic heterocycles. The first kappa shape index (κ1) is 9.01. The zero-order chi connectivity index (χ0) is 9.97. The molecule has 0 aliphatic carbocycles. The Morgan fingerprint density at radius 2 is 2.43 bits per heavy atom. The van der Waals surface area contributed by atoms with Gasteiger partial charge in [0, 0.05) is 19.3 Å². The van der Waals surface area contributed by atoms with Crippen molar-refractivity contribution in [2.45, 2.75) is 13.3 Å². The molecule has 1 aliphatic rings. The van der Waals surface area contributed by atoms with Gasteiger partial charge in [-0.15, -0.1) is 0 Å². The van der Waals surface area contributed by atoms with E-state index in [1.165, 1.54) is 6.42 Å². The fourth-order valence-electron chi connectivity index (χ4n) is 1.78. The summed E-state index contributed by atoms with van der Waals surface area (Å²) in [5.41, 5.74) is 0.626. The van der Waals surface area contributed by atoms with E-state index in [4.69, 9.17) is 5.26 Å². The van der Waals surface area contributed by atoms with E-state index in [0.29, 0.717) is 5.56 Å². The summed E-state index contributed by atoms with van der Waals surface area (Å²) in [4.78, 5) is 6.54. The maximum absolute atomic E-state index is 8.63. The highest BCUT2D eigenvalue weighted by atomic mass is 15.2. The Kier molecular flexibility index (Phi) is 2.36. The van der Waals surface area contributed by atoms with Crippen LogP contribution in [0.2, 0.25) is 0 Å². The highest BCUT2D eigenvalue weighted by Crippen LogP contribution is 2.21. The van der Waals surface area contributed by atoms with Crippen LogP contribution in [0.3, 0.4) is 0 Å². The van der Waals surface area contributed by atoms with Gasteiger partial charge < -0.3 is 4.90 Å². The Morgan fingerprint density at radius 1 is 1.57 bits per heavy atom. The molecule has 1 aromatic heterocycles. The van der Waals surface area contributed by atoms with Gasteiger partial charge in [-0.05, 0) is 24.5 Å². The minimum Gasteiger partial charge on any atom is -0.356 e. The Balaban J connectivity index is 2.14. The zero-order valence-electron chi connectivity index (χ0n) is 8.27. The van der Waals surface area contributed by atoms with Crippen LogP contribution < -0.4 is 4.90 Å². The number of hydrogen-bond donors (Lipinski definition) is 0. The average molecular weight is 187 g/mol. The number of anilines is 1. The van der Waals surface area contributed by atoms with Gasteiger partial charge >= 0.3 is 0 Å². The Morgan fingerprint density at radius 3 is 2.93 bits per heavy atom. The molecule has 72 valence electrons. The lowest BCUT2D eigenvalue weighted by molar-refractivity contribution is 0.659. The van der Waals surface area contributed by atoms with Crippen LogP contribution in [0.4, 0.5) is 5.82 Å². The van der Waals surface area contributed by atoms with Crippen LogP contribution in [-0.4, -0.2) is 18.1 Å². The summed E-state index contributed by atoms with van der Waals surface area (Å²) in [7, 11) is 0. The van der Waals surface area contributed by atoms with E-state index in [0.717, 1.165) is 24.8 Å². The molecule has 1 saturated heterocycles. The molecule has 0 aromatic carbocycles. The second kappa shape index (κ2) is 3.67. The highest BCUT2D eigenvalue weighted by Gasteiger charge is 2.19. The van der Waals surface area contributed by atoms with Crippen molar-refractivity contribution in [3.05, 3.63) is 23.9 Å². The lowest BCUT2D eigenvalue weighted by Gasteiger charge is -2.16. The van der Waals surface area contributed by atoms with Gasteiger partial charge in [0.25, 0.3) is 0 Å². The first-order valence-electron chi connectivity index (χ1n) is 4.90. The standard InChI is InChI=1S/C11H13N3/c1-9-4-5-14(8-9)11-3-2-10(6-12)7-13-11/h2-3,7,9H,4-5,8H2,1H3.